The van der Waals surface area contributed by atoms with Crippen molar-refractivity contribution in [2.75, 3.05) is 5.73 Å². The first-order valence-corrected chi connectivity index (χ1v) is 3.74. The molecule has 0 unspecified atom stereocenters. The molecule has 0 amide bonds. The summed E-state index contributed by atoms with van der Waals surface area (Å²) in [5.74, 6) is -0.498. The topological polar surface area (TPSA) is 62.7 Å². The summed E-state index contributed by atoms with van der Waals surface area (Å²) >= 11 is 1.73. The zero-order chi connectivity index (χ0) is 8.43. The van der Waals surface area contributed by atoms with Gasteiger partial charge in [-0.25, -0.2) is 9.37 Å². The fourth-order valence-corrected chi connectivity index (χ4v) is 0.964. The Morgan fingerprint density at radius 3 is 2.91 bits per heavy atom. The average molecular weight is 263 g/mol. The van der Waals surface area contributed by atoms with E-state index in [2.05, 4.69) is 4.98 Å². The number of aromatic nitrogens is 1. The van der Waals surface area contributed by atoms with Gasteiger partial charge in [-0.1, -0.05) is 0 Å². The predicted molar refractivity (Wildman–Crippen MR) is 46.0 cm³/mol. The van der Waals surface area contributed by atoms with Gasteiger partial charge in [-0.05, 0) is 22.6 Å². The first-order chi connectivity index (χ1) is 5.16. The summed E-state index contributed by atoms with van der Waals surface area (Å²) in [6.07, 6.45) is 0.983. The van der Waals surface area contributed by atoms with E-state index in [1.165, 1.54) is 0 Å². The molecular weight excluding hydrogens is 260 g/mol. The zero-order valence-corrected chi connectivity index (χ0v) is 7.46. The first kappa shape index (κ1) is 8.20. The third kappa shape index (κ3) is 1.40. The van der Waals surface area contributed by atoms with Gasteiger partial charge >= 0.3 is 0 Å². The van der Waals surface area contributed by atoms with Crippen LogP contribution in [0.25, 0.3) is 0 Å². The number of nitrogens with zero attached hydrogens (tertiary/aromatic N) is 2. The van der Waals surface area contributed by atoms with Gasteiger partial charge in [0, 0.05) is 0 Å². The van der Waals surface area contributed by atoms with Crippen LogP contribution in [0.15, 0.2) is 6.20 Å². The van der Waals surface area contributed by atoms with Crippen LogP contribution in [0.2, 0.25) is 0 Å². The van der Waals surface area contributed by atoms with Crippen LogP contribution in [0.3, 0.4) is 0 Å². The molecule has 0 atom stereocenters. The minimum Gasteiger partial charge on any atom is -0.395 e. The van der Waals surface area contributed by atoms with E-state index in [1.54, 1.807) is 28.7 Å². The maximum atomic E-state index is 12.6. The van der Waals surface area contributed by atoms with Crippen molar-refractivity contribution in [3.05, 3.63) is 21.3 Å². The van der Waals surface area contributed by atoms with Crippen molar-refractivity contribution in [3.8, 4) is 6.07 Å². The Labute approximate surface area is 76.2 Å². The van der Waals surface area contributed by atoms with Crippen molar-refractivity contribution in [1.29, 1.82) is 5.26 Å². The average Bonchev–Trinajstić information content (AvgIpc) is 2.01. The number of nitrogens with two attached hydrogens (primary N) is 1. The highest BCUT2D eigenvalue weighted by Gasteiger charge is 2.08. The lowest BCUT2D eigenvalue weighted by Gasteiger charge is -1.98. The number of rotatable bonds is 0. The van der Waals surface area contributed by atoms with Crippen molar-refractivity contribution in [3.63, 3.8) is 0 Å². The van der Waals surface area contributed by atoms with Gasteiger partial charge in [0.2, 0.25) is 0 Å². The highest BCUT2D eigenvalue weighted by atomic mass is 127. The Bertz CT molecular complexity index is 331. The van der Waals surface area contributed by atoms with Crippen molar-refractivity contribution >= 4 is 28.3 Å². The molecule has 1 heterocycles. The Hall–Kier alpha value is -0.900. The van der Waals surface area contributed by atoms with Gasteiger partial charge in [-0.15, -0.1) is 0 Å². The molecule has 3 nitrogen and oxygen atoms in total. The molecule has 5 heteroatoms. The molecular formula is C6H3FIN3. The predicted octanol–water partition coefficient (Wildman–Crippen LogP) is 1.28. The summed E-state index contributed by atoms with van der Waals surface area (Å²) in [7, 11) is 0. The van der Waals surface area contributed by atoms with Gasteiger partial charge in [0.1, 0.15) is 6.07 Å². The van der Waals surface area contributed by atoms with Crippen molar-refractivity contribution in [2.24, 2.45) is 0 Å². The van der Waals surface area contributed by atoms with Gasteiger partial charge in [0.25, 0.3) is 0 Å². The van der Waals surface area contributed by atoms with Gasteiger partial charge in [-0.3, -0.25) is 0 Å². The molecule has 0 radical (unpaired) electrons. The minimum atomic E-state index is -0.498. The highest BCUT2D eigenvalue weighted by Crippen LogP contribution is 2.19. The van der Waals surface area contributed by atoms with E-state index in [0.29, 0.717) is 0 Å². The Morgan fingerprint density at radius 2 is 2.36 bits per heavy atom. The second-order valence-corrected chi connectivity index (χ2v) is 2.87. The molecule has 0 saturated heterocycles. The molecule has 11 heavy (non-hydrogen) atoms. The summed E-state index contributed by atoms with van der Waals surface area (Å²) in [6.45, 7) is 0. The molecule has 1 aromatic rings. The quantitative estimate of drug-likeness (QED) is 0.717. The highest BCUT2D eigenvalue weighted by molar-refractivity contribution is 14.1. The molecule has 0 aromatic carbocycles. The largest absolute Gasteiger partial charge is 0.395 e. The van der Waals surface area contributed by atoms with Crippen molar-refractivity contribution in [1.82, 2.24) is 4.98 Å². The standard InChI is InChI=1S/C6H3FIN3/c7-3-2-11-4(1-9)6(10)5(3)8/h2H,10H2. The number of anilines is 1. The number of pyridine rings is 1. The summed E-state index contributed by atoms with van der Waals surface area (Å²) in [4.78, 5) is 3.49. The van der Waals surface area contributed by atoms with Gasteiger partial charge in [0.05, 0.1) is 15.5 Å². The Kier molecular flexibility index (Phi) is 2.24. The van der Waals surface area contributed by atoms with Crippen LogP contribution in [0.5, 0.6) is 0 Å². The SMILES string of the molecule is N#Cc1ncc(F)c(I)c1N. The lowest BCUT2D eigenvalue weighted by molar-refractivity contribution is 0.614. The number of halogens is 2. The molecule has 0 aliphatic carbocycles. The van der Waals surface area contributed by atoms with Crippen LogP contribution < -0.4 is 5.73 Å². The van der Waals surface area contributed by atoms with Crippen LogP contribution >= 0.6 is 22.6 Å². The molecule has 2 N–H and O–H groups in total. The molecule has 1 aromatic heterocycles. The lowest BCUT2D eigenvalue weighted by atomic mass is 10.3. The monoisotopic (exact) mass is 263 g/mol. The zero-order valence-electron chi connectivity index (χ0n) is 5.31. The van der Waals surface area contributed by atoms with Crippen molar-refractivity contribution in [2.45, 2.75) is 0 Å². The van der Waals surface area contributed by atoms with Gasteiger partial charge in [-0.2, -0.15) is 5.26 Å². The first-order valence-electron chi connectivity index (χ1n) is 2.66. The minimum absolute atomic E-state index is 0.0656. The lowest BCUT2D eigenvalue weighted by Crippen LogP contribution is -1.99. The summed E-state index contributed by atoms with van der Waals surface area (Å²) in [5.41, 5.74) is 5.53. The van der Waals surface area contributed by atoms with E-state index in [1.807, 2.05) is 0 Å². The van der Waals surface area contributed by atoms with Crippen LogP contribution in [0.4, 0.5) is 10.1 Å². The molecule has 1 rings (SSSR count). The molecule has 0 bridgehead atoms. The van der Waals surface area contributed by atoms with Crippen LogP contribution in [0, 0.1) is 20.7 Å². The molecule has 0 fully saturated rings. The molecule has 0 aliphatic rings. The Balaban J connectivity index is 3.40. The van der Waals surface area contributed by atoms with E-state index >= 15 is 0 Å². The molecule has 0 aliphatic heterocycles. The smallest absolute Gasteiger partial charge is 0.164 e. The van der Waals surface area contributed by atoms with Gasteiger partial charge in [0.15, 0.2) is 11.5 Å². The molecule has 56 valence electrons. The van der Waals surface area contributed by atoms with E-state index in [0.717, 1.165) is 6.20 Å². The fourth-order valence-electron chi connectivity index (χ4n) is 0.569. The molecule has 0 spiro atoms. The molecule has 0 saturated carbocycles. The number of nitriles is 1. The third-order valence-corrected chi connectivity index (χ3v) is 2.21. The second-order valence-electron chi connectivity index (χ2n) is 1.79. The van der Waals surface area contributed by atoms with E-state index < -0.39 is 5.82 Å². The van der Waals surface area contributed by atoms with Crippen LogP contribution in [-0.4, -0.2) is 4.98 Å². The van der Waals surface area contributed by atoms with Crippen LogP contribution in [0.1, 0.15) is 5.69 Å². The van der Waals surface area contributed by atoms with E-state index in [9.17, 15) is 4.39 Å². The van der Waals surface area contributed by atoms with E-state index in [-0.39, 0.29) is 15.0 Å². The maximum absolute atomic E-state index is 12.6. The van der Waals surface area contributed by atoms with Gasteiger partial charge < -0.3 is 5.73 Å². The second kappa shape index (κ2) is 3.00. The summed E-state index contributed by atoms with van der Waals surface area (Å²) in [6, 6.07) is 1.76. The summed E-state index contributed by atoms with van der Waals surface area (Å²) in [5, 5.41) is 8.42. The van der Waals surface area contributed by atoms with Crippen molar-refractivity contribution < 1.29 is 4.39 Å². The Morgan fingerprint density at radius 1 is 1.73 bits per heavy atom. The fraction of sp³-hybridized carbons (Fsp3) is 0. The number of hydrogen-bond donors (Lipinski definition) is 1. The number of hydrogen-bond acceptors (Lipinski definition) is 3. The van der Waals surface area contributed by atoms with E-state index in [4.69, 9.17) is 11.0 Å². The number of nitrogen functional groups attached to an aromatic ring is 1. The third-order valence-electron chi connectivity index (χ3n) is 1.11. The maximum Gasteiger partial charge on any atom is 0.164 e. The summed E-state index contributed by atoms with van der Waals surface area (Å²) < 4.78 is 12.9. The van der Waals surface area contributed by atoms with Crippen LogP contribution in [-0.2, 0) is 0 Å². The normalized spacial score (nSPS) is 9.18.